The highest BCUT2D eigenvalue weighted by molar-refractivity contribution is 6.79. The van der Waals surface area contributed by atoms with Crippen LogP contribution in [0.25, 0.3) is 0 Å². The van der Waals surface area contributed by atoms with Crippen molar-refractivity contribution >= 4 is 23.4 Å². The highest BCUT2D eigenvalue weighted by Gasteiger charge is 2.23. The number of hydrogen-bond acceptors (Lipinski definition) is 0. The lowest BCUT2D eigenvalue weighted by Gasteiger charge is -2.41. The molecule has 338 valence electrons. The third-order valence-electron chi connectivity index (χ3n) is 13.6. The van der Waals surface area contributed by atoms with Gasteiger partial charge in [-0.2, -0.15) is 25.3 Å². The molecule has 0 aliphatic carbocycles. The minimum absolute atomic E-state index is 0.154. The molecule has 0 fully saturated rings. The van der Waals surface area contributed by atoms with Gasteiger partial charge in [0.1, 0.15) is 5.69 Å². The van der Waals surface area contributed by atoms with Gasteiger partial charge in [0, 0.05) is 23.3 Å². The lowest BCUT2D eigenvalue weighted by Crippen LogP contribution is -2.39. The van der Waals surface area contributed by atoms with Crippen LogP contribution >= 0.6 is 11.6 Å². The predicted octanol–water partition coefficient (Wildman–Crippen LogP) is 20.3. The molecule has 0 saturated carbocycles. The van der Waals surface area contributed by atoms with Gasteiger partial charge < -0.3 is 5.73 Å². The number of unbranched alkanes of at least 4 members (excludes halogenated alkanes) is 36. The Hall–Kier alpha value is -0.465. The van der Waals surface area contributed by atoms with Crippen LogP contribution in [0.15, 0.2) is 24.3 Å². The lowest BCUT2D eigenvalue weighted by molar-refractivity contribution is -0.254. The first kappa shape index (κ1) is 56.5. The maximum Gasteiger partial charge on any atom is 0.128 e. The summed E-state index contributed by atoms with van der Waals surface area (Å²) in [4.78, 5) is 0. The van der Waals surface area contributed by atoms with Gasteiger partial charge in [-0.1, -0.05) is 296 Å². The summed E-state index contributed by atoms with van der Waals surface area (Å²) in [6, 6.07) is 7.40. The van der Waals surface area contributed by atoms with Crippen LogP contribution in [0.1, 0.15) is 285 Å². The molecule has 57 heavy (non-hydrogen) atoms. The Kier molecular flexibility index (Phi) is 46.2. The molecule has 0 spiro atoms. The summed E-state index contributed by atoms with van der Waals surface area (Å²) < 4.78 is 0. The Morgan fingerprint density at radius 3 is 0.649 bits per heavy atom. The minimum atomic E-state index is -0.154. The maximum atomic E-state index is 5.58. The number of rotatable bonds is 44. The van der Waals surface area contributed by atoms with E-state index in [0.29, 0.717) is 0 Å². The third kappa shape index (κ3) is 42.0. The fourth-order valence-electron chi connectivity index (χ4n) is 9.61. The van der Waals surface area contributed by atoms with E-state index in [4.69, 9.17) is 11.6 Å². The van der Waals surface area contributed by atoms with E-state index in [2.05, 4.69) is 33.4 Å². The van der Waals surface area contributed by atoms with Gasteiger partial charge >= 0.3 is 0 Å². The molecule has 3 heteroatoms. The molecular weight excluding hydrogens is 709 g/mol. The molecule has 0 bridgehead atoms. The summed E-state index contributed by atoms with van der Waals surface area (Å²) >= 11 is 5.58. The van der Waals surface area contributed by atoms with Crippen LogP contribution in [0.2, 0.25) is 30.3 Å². The van der Waals surface area contributed by atoms with Crippen LogP contribution in [0, 0.1) is 0 Å². The van der Waals surface area contributed by atoms with E-state index in [-0.39, 0.29) is 6.15 Å². The van der Waals surface area contributed by atoms with Crippen molar-refractivity contribution in [1.29, 1.82) is 0 Å². The molecule has 1 aromatic rings. The minimum Gasteiger partial charge on any atom is -0.325 e. The number of hydrogen-bond donors (Lipinski definition) is 1. The first-order chi connectivity index (χ1) is 28.0. The summed E-state index contributed by atoms with van der Waals surface area (Å²) in [6.07, 6.45) is 65.6. The monoisotopic (exact) mass is 816 g/mol. The standard InChI is InChI=1S/C48H100B.C6H6ClN/c1-5-9-13-17-21-25-29-33-37-41-45-49(46-42-38-34-30-26-22-18-14-10-6-2,47-43-39-35-31-27-23-19-15-11-7-3)48-44-40-36-32-28-24-20-16-12-8-4;7-5-1-3-6(8)4-2-5/h5-48H2,1-4H3;1-4H,8H2/q-1;/p+1. The van der Waals surface area contributed by atoms with Crippen molar-refractivity contribution in [3.05, 3.63) is 29.3 Å². The topological polar surface area (TPSA) is 27.6 Å². The highest BCUT2D eigenvalue weighted by atomic mass is 35.5. The molecule has 0 atom stereocenters. The third-order valence-corrected chi connectivity index (χ3v) is 13.8. The van der Waals surface area contributed by atoms with Crippen molar-refractivity contribution < 1.29 is 5.73 Å². The summed E-state index contributed by atoms with van der Waals surface area (Å²) in [5.41, 5.74) is 4.70. The van der Waals surface area contributed by atoms with Crippen LogP contribution in [0.4, 0.5) is 5.69 Å². The molecule has 0 heterocycles. The normalized spacial score (nSPS) is 11.6. The average Bonchev–Trinajstić information content (AvgIpc) is 3.22. The van der Waals surface area contributed by atoms with E-state index in [0.717, 1.165) is 10.7 Å². The van der Waals surface area contributed by atoms with Crippen molar-refractivity contribution in [3.63, 3.8) is 0 Å². The van der Waals surface area contributed by atoms with Crippen LogP contribution in [0.5, 0.6) is 0 Å². The summed E-state index contributed by atoms with van der Waals surface area (Å²) in [7, 11) is 0. The van der Waals surface area contributed by atoms with E-state index < -0.39 is 0 Å². The van der Waals surface area contributed by atoms with Gasteiger partial charge in [-0.25, -0.2) is 0 Å². The summed E-state index contributed by atoms with van der Waals surface area (Å²) in [5, 5.41) is 0.761. The largest absolute Gasteiger partial charge is 0.325 e. The molecule has 0 aromatic heterocycles. The second-order valence-corrected chi connectivity index (χ2v) is 19.7. The zero-order valence-corrected chi connectivity index (χ0v) is 40.8. The van der Waals surface area contributed by atoms with Crippen molar-refractivity contribution in [2.24, 2.45) is 0 Å². The van der Waals surface area contributed by atoms with Crippen molar-refractivity contribution in [1.82, 2.24) is 0 Å². The predicted molar refractivity (Wildman–Crippen MR) is 266 cm³/mol. The van der Waals surface area contributed by atoms with Crippen LogP contribution in [-0.2, 0) is 0 Å². The molecule has 0 amide bonds. The molecular formula is C54H107BClN. The Morgan fingerprint density at radius 1 is 0.298 bits per heavy atom. The van der Waals surface area contributed by atoms with Crippen LogP contribution < -0.4 is 5.73 Å². The Labute approximate surface area is 366 Å². The number of benzene rings is 1. The van der Waals surface area contributed by atoms with Crippen molar-refractivity contribution in [2.45, 2.75) is 310 Å². The molecule has 3 N–H and O–H groups in total. The van der Waals surface area contributed by atoms with Crippen LogP contribution in [0.3, 0.4) is 0 Å². The molecule has 0 unspecified atom stereocenters. The molecule has 1 aromatic carbocycles. The zero-order chi connectivity index (χ0) is 41.6. The van der Waals surface area contributed by atoms with E-state index in [1.54, 1.807) is 51.0 Å². The highest BCUT2D eigenvalue weighted by Crippen LogP contribution is 2.35. The Bertz CT molecular complexity index is 748. The second-order valence-electron chi connectivity index (χ2n) is 19.2. The van der Waals surface area contributed by atoms with Crippen molar-refractivity contribution in [2.75, 3.05) is 0 Å². The van der Waals surface area contributed by atoms with Gasteiger partial charge in [-0.3, -0.25) is 0 Å². The molecule has 0 radical (unpaired) electrons. The van der Waals surface area contributed by atoms with Gasteiger partial charge in [-0.05, 0) is 12.1 Å². The van der Waals surface area contributed by atoms with E-state index in [9.17, 15) is 0 Å². The SMILES string of the molecule is CCCCCCCCCCCC[B-](CCCCCCCCCCCC)(CCCCCCCCCCCC)CCCCCCCCCCCC.[NH3+]c1ccc(Cl)cc1. The first-order valence-electron chi connectivity index (χ1n) is 26.8. The Balaban J connectivity index is 0.00000345. The Morgan fingerprint density at radius 2 is 0.474 bits per heavy atom. The van der Waals surface area contributed by atoms with E-state index >= 15 is 0 Å². The van der Waals surface area contributed by atoms with Gasteiger partial charge in [0.25, 0.3) is 0 Å². The smallest absolute Gasteiger partial charge is 0.128 e. The molecule has 1 rings (SSSR count). The molecule has 0 aliphatic heterocycles. The quantitative estimate of drug-likeness (QED) is 0.0502. The summed E-state index contributed by atoms with van der Waals surface area (Å²) in [5.74, 6) is 0. The van der Waals surface area contributed by atoms with Gasteiger partial charge in [0.05, 0.1) is 0 Å². The number of quaternary nitrogens is 1. The lowest BCUT2D eigenvalue weighted by atomic mass is 9.17. The van der Waals surface area contributed by atoms with Gasteiger partial charge in [-0.15, -0.1) is 0 Å². The average molecular weight is 817 g/mol. The zero-order valence-electron chi connectivity index (χ0n) is 40.1. The number of halogens is 1. The van der Waals surface area contributed by atoms with Gasteiger partial charge in [0.2, 0.25) is 0 Å². The second kappa shape index (κ2) is 46.6. The fourth-order valence-corrected chi connectivity index (χ4v) is 9.74. The molecule has 1 nitrogen and oxygen atoms in total. The van der Waals surface area contributed by atoms with Crippen molar-refractivity contribution in [3.8, 4) is 0 Å². The first-order valence-corrected chi connectivity index (χ1v) is 27.2. The molecule has 0 aliphatic rings. The van der Waals surface area contributed by atoms with Gasteiger partial charge in [0.15, 0.2) is 0 Å². The van der Waals surface area contributed by atoms with E-state index in [1.165, 1.54) is 231 Å². The maximum absolute atomic E-state index is 5.58. The van der Waals surface area contributed by atoms with Crippen LogP contribution in [-0.4, -0.2) is 6.15 Å². The fraction of sp³-hybridized carbons (Fsp3) is 0.889. The van der Waals surface area contributed by atoms with E-state index in [1.807, 2.05) is 24.3 Å². The summed E-state index contributed by atoms with van der Waals surface area (Å²) in [6.45, 7) is 9.35. The molecule has 0 saturated heterocycles.